The molecule has 0 heterocycles. The Balaban J connectivity index is 2.59. The van der Waals surface area contributed by atoms with Gasteiger partial charge in [-0.15, -0.1) is 0 Å². The van der Waals surface area contributed by atoms with E-state index in [9.17, 15) is 0 Å². The summed E-state index contributed by atoms with van der Waals surface area (Å²) in [5.41, 5.74) is 2.56. The first-order valence-electron chi connectivity index (χ1n) is 4.44. The summed E-state index contributed by atoms with van der Waals surface area (Å²) in [6, 6.07) is 8.52. The molecule has 0 bridgehead atoms. The molecule has 0 aromatic heterocycles. The highest BCUT2D eigenvalue weighted by Gasteiger charge is 1.95. The summed E-state index contributed by atoms with van der Waals surface area (Å²) < 4.78 is 5.04. The molecule has 72 valence electrons. The molecular formula is C11H17NO. The van der Waals surface area contributed by atoms with E-state index in [0.717, 1.165) is 6.54 Å². The zero-order valence-electron chi connectivity index (χ0n) is 8.58. The maximum atomic E-state index is 5.04. The summed E-state index contributed by atoms with van der Waals surface area (Å²) in [7, 11) is 5.86. The van der Waals surface area contributed by atoms with E-state index < -0.39 is 0 Å². The van der Waals surface area contributed by atoms with Crippen molar-refractivity contribution in [1.29, 1.82) is 0 Å². The SMILES string of the molecule is COCc1ccc(CN(C)C)cc1. The standard InChI is InChI=1S/C11H17NO/c1-12(2)8-10-4-6-11(7-5-10)9-13-3/h4-7H,8-9H2,1-3H3. The lowest BCUT2D eigenvalue weighted by Gasteiger charge is -2.09. The van der Waals surface area contributed by atoms with Crippen molar-refractivity contribution in [3.05, 3.63) is 35.4 Å². The fraction of sp³-hybridized carbons (Fsp3) is 0.455. The van der Waals surface area contributed by atoms with Gasteiger partial charge in [0.05, 0.1) is 6.61 Å². The minimum absolute atomic E-state index is 0.697. The normalized spacial score (nSPS) is 10.8. The van der Waals surface area contributed by atoms with E-state index in [2.05, 4.69) is 43.3 Å². The van der Waals surface area contributed by atoms with Crippen LogP contribution in [-0.2, 0) is 17.9 Å². The molecule has 2 heteroatoms. The second-order valence-electron chi connectivity index (χ2n) is 3.49. The molecule has 1 aromatic rings. The molecule has 0 fully saturated rings. The average molecular weight is 179 g/mol. The van der Waals surface area contributed by atoms with Crippen molar-refractivity contribution in [2.75, 3.05) is 21.2 Å². The number of hydrogen-bond acceptors (Lipinski definition) is 2. The monoisotopic (exact) mass is 179 g/mol. The molecule has 13 heavy (non-hydrogen) atoms. The fourth-order valence-corrected chi connectivity index (χ4v) is 1.27. The number of nitrogens with zero attached hydrogens (tertiary/aromatic N) is 1. The van der Waals surface area contributed by atoms with Gasteiger partial charge >= 0.3 is 0 Å². The maximum absolute atomic E-state index is 5.04. The molecule has 0 amide bonds. The Morgan fingerprint density at radius 1 is 1.08 bits per heavy atom. The third kappa shape index (κ3) is 3.57. The third-order valence-corrected chi connectivity index (χ3v) is 1.83. The van der Waals surface area contributed by atoms with Crippen LogP contribution in [0.1, 0.15) is 11.1 Å². The average Bonchev–Trinajstić information content (AvgIpc) is 2.08. The first kappa shape index (κ1) is 10.2. The Hall–Kier alpha value is -0.860. The van der Waals surface area contributed by atoms with Gasteiger partial charge in [0, 0.05) is 13.7 Å². The summed E-state index contributed by atoms with van der Waals surface area (Å²) >= 11 is 0. The van der Waals surface area contributed by atoms with Gasteiger partial charge in [-0.1, -0.05) is 24.3 Å². The van der Waals surface area contributed by atoms with E-state index >= 15 is 0 Å². The smallest absolute Gasteiger partial charge is 0.0713 e. The van der Waals surface area contributed by atoms with Crippen molar-refractivity contribution in [2.45, 2.75) is 13.2 Å². The van der Waals surface area contributed by atoms with Gasteiger partial charge in [-0.05, 0) is 25.2 Å². The van der Waals surface area contributed by atoms with Crippen molar-refractivity contribution < 1.29 is 4.74 Å². The van der Waals surface area contributed by atoms with Crippen LogP contribution in [0.4, 0.5) is 0 Å². The highest BCUT2D eigenvalue weighted by molar-refractivity contribution is 5.21. The molecule has 2 nitrogen and oxygen atoms in total. The van der Waals surface area contributed by atoms with Crippen LogP contribution < -0.4 is 0 Å². The van der Waals surface area contributed by atoms with Gasteiger partial charge in [0.25, 0.3) is 0 Å². The molecule has 1 aromatic carbocycles. The first-order chi connectivity index (χ1) is 6.22. The van der Waals surface area contributed by atoms with Crippen molar-refractivity contribution >= 4 is 0 Å². The lowest BCUT2D eigenvalue weighted by Crippen LogP contribution is -2.10. The van der Waals surface area contributed by atoms with E-state index in [1.165, 1.54) is 11.1 Å². The molecule has 0 aliphatic rings. The Labute approximate surface area is 80.1 Å². The van der Waals surface area contributed by atoms with Gasteiger partial charge in [-0.25, -0.2) is 0 Å². The Morgan fingerprint density at radius 2 is 1.62 bits per heavy atom. The van der Waals surface area contributed by atoms with Crippen LogP contribution in [0.15, 0.2) is 24.3 Å². The Morgan fingerprint density at radius 3 is 2.08 bits per heavy atom. The number of rotatable bonds is 4. The summed E-state index contributed by atoms with van der Waals surface area (Å²) in [4.78, 5) is 2.16. The molecule has 0 radical (unpaired) electrons. The molecule has 0 N–H and O–H groups in total. The molecule has 0 aliphatic carbocycles. The maximum Gasteiger partial charge on any atom is 0.0713 e. The van der Waals surface area contributed by atoms with Crippen LogP contribution in [-0.4, -0.2) is 26.1 Å². The molecular weight excluding hydrogens is 162 g/mol. The van der Waals surface area contributed by atoms with Crippen LogP contribution in [0.3, 0.4) is 0 Å². The van der Waals surface area contributed by atoms with Crippen LogP contribution in [0.25, 0.3) is 0 Å². The van der Waals surface area contributed by atoms with Gasteiger partial charge in [0.2, 0.25) is 0 Å². The fourth-order valence-electron chi connectivity index (χ4n) is 1.27. The predicted octanol–water partition coefficient (Wildman–Crippen LogP) is 1.89. The van der Waals surface area contributed by atoms with Gasteiger partial charge < -0.3 is 9.64 Å². The van der Waals surface area contributed by atoms with Gasteiger partial charge in [-0.2, -0.15) is 0 Å². The third-order valence-electron chi connectivity index (χ3n) is 1.83. The highest BCUT2D eigenvalue weighted by Crippen LogP contribution is 2.06. The Bertz CT molecular complexity index is 241. The van der Waals surface area contributed by atoms with Crippen LogP contribution in [0.2, 0.25) is 0 Å². The quantitative estimate of drug-likeness (QED) is 0.700. The van der Waals surface area contributed by atoms with Gasteiger partial charge in [0.1, 0.15) is 0 Å². The molecule has 0 saturated heterocycles. The second-order valence-corrected chi connectivity index (χ2v) is 3.49. The minimum atomic E-state index is 0.697. The van der Waals surface area contributed by atoms with Crippen molar-refractivity contribution in [2.24, 2.45) is 0 Å². The number of methoxy groups -OCH3 is 1. The first-order valence-corrected chi connectivity index (χ1v) is 4.44. The summed E-state index contributed by atoms with van der Waals surface area (Å²) in [6.45, 7) is 1.69. The Kier molecular flexibility index (Phi) is 3.93. The highest BCUT2D eigenvalue weighted by atomic mass is 16.5. The number of hydrogen-bond donors (Lipinski definition) is 0. The second kappa shape index (κ2) is 5.00. The molecule has 0 atom stereocenters. The molecule has 0 unspecified atom stereocenters. The van der Waals surface area contributed by atoms with Gasteiger partial charge in [0.15, 0.2) is 0 Å². The molecule has 1 rings (SSSR count). The van der Waals surface area contributed by atoms with E-state index in [4.69, 9.17) is 4.74 Å². The number of benzene rings is 1. The zero-order chi connectivity index (χ0) is 9.68. The van der Waals surface area contributed by atoms with Crippen molar-refractivity contribution in [3.63, 3.8) is 0 Å². The zero-order valence-corrected chi connectivity index (χ0v) is 8.58. The topological polar surface area (TPSA) is 12.5 Å². The van der Waals surface area contributed by atoms with Crippen LogP contribution in [0.5, 0.6) is 0 Å². The lowest BCUT2D eigenvalue weighted by atomic mass is 10.1. The summed E-state index contributed by atoms with van der Waals surface area (Å²) in [6.07, 6.45) is 0. The number of ether oxygens (including phenoxy) is 1. The largest absolute Gasteiger partial charge is 0.380 e. The van der Waals surface area contributed by atoms with Crippen molar-refractivity contribution in [3.8, 4) is 0 Å². The van der Waals surface area contributed by atoms with E-state index in [-0.39, 0.29) is 0 Å². The molecule has 0 spiro atoms. The molecule has 0 aliphatic heterocycles. The van der Waals surface area contributed by atoms with Gasteiger partial charge in [-0.3, -0.25) is 0 Å². The van der Waals surface area contributed by atoms with E-state index in [0.29, 0.717) is 6.61 Å². The van der Waals surface area contributed by atoms with Crippen LogP contribution >= 0.6 is 0 Å². The van der Waals surface area contributed by atoms with Crippen LogP contribution in [0, 0.1) is 0 Å². The molecule has 0 saturated carbocycles. The lowest BCUT2D eigenvalue weighted by molar-refractivity contribution is 0.185. The summed E-state index contributed by atoms with van der Waals surface area (Å²) in [5.74, 6) is 0. The minimum Gasteiger partial charge on any atom is -0.380 e. The summed E-state index contributed by atoms with van der Waals surface area (Å²) in [5, 5.41) is 0. The predicted molar refractivity (Wildman–Crippen MR) is 54.5 cm³/mol. The van der Waals surface area contributed by atoms with E-state index in [1.807, 2.05) is 0 Å². The van der Waals surface area contributed by atoms with Crippen molar-refractivity contribution in [1.82, 2.24) is 4.90 Å². The van der Waals surface area contributed by atoms with E-state index in [1.54, 1.807) is 7.11 Å².